The molecule has 0 unspecified atom stereocenters. The summed E-state index contributed by atoms with van der Waals surface area (Å²) in [5.41, 5.74) is 1.67. The maximum absolute atomic E-state index is 13.7. The highest BCUT2D eigenvalue weighted by Crippen LogP contribution is 2.28. The summed E-state index contributed by atoms with van der Waals surface area (Å²) in [5, 5.41) is 12.6. The molecule has 0 aliphatic carbocycles. The van der Waals surface area contributed by atoms with E-state index in [1.807, 2.05) is 0 Å². The van der Waals surface area contributed by atoms with Crippen molar-refractivity contribution in [2.75, 3.05) is 7.11 Å². The molecular weight excluding hydrogens is 432 g/mol. The van der Waals surface area contributed by atoms with Gasteiger partial charge >= 0.3 is 5.97 Å². The van der Waals surface area contributed by atoms with Gasteiger partial charge in [-0.3, -0.25) is 4.79 Å². The molecule has 2 N–H and O–H groups in total. The highest BCUT2D eigenvalue weighted by molar-refractivity contribution is 6.36. The highest BCUT2D eigenvalue weighted by atomic mass is 35.5. The van der Waals surface area contributed by atoms with E-state index < -0.39 is 17.3 Å². The van der Waals surface area contributed by atoms with Gasteiger partial charge in [-0.05, 0) is 53.6 Å². The van der Waals surface area contributed by atoms with Crippen molar-refractivity contribution < 1.29 is 23.8 Å². The van der Waals surface area contributed by atoms with Crippen LogP contribution in [0.25, 0.3) is 11.1 Å². The van der Waals surface area contributed by atoms with E-state index in [9.17, 15) is 14.0 Å². The van der Waals surface area contributed by atoms with Crippen molar-refractivity contribution in [3.8, 4) is 16.9 Å². The van der Waals surface area contributed by atoms with Gasteiger partial charge in [-0.25, -0.2) is 9.18 Å². The van der Waals surface area contributed by atoms with Gasteiger partial charge in [-0.2, -0.15) is 0 Å². The molecule has 0 radical (unpaired) electrons. The Labute approximate surface area is 182 Å². The second-order valence-corrected chi connectivity index (χ2v) is 7.18. The lowest BCUT2D eigenvalue weighted by Crippen LogP contribution is -2.23. The van der Waals surface area contributed by atoms with E-state index in [-0.39, 0.29) is 23.0 Å². The number of hydrogen-bond acceptors (Lipinski definition) is 3. The molecule has 0 heterocycles. The summed E-state index contributed by atoms with van der Waals surface area (Å²) >= 11 is 11.9. The number of methoxy groups -OCH3 is 1. The van der Waals surface area contributed by atoms with E-state index >= 15 is 0 Å². The standard InChI is InChI=1S/C22H16Cl2FNO4/c1-30-20-7-3-12(13-2-6-19(25)17(9-13)22(28)29)8-14(20)11-26-21(27)16-5-4-15(23)10-18(16)24/h2-10H,11H2,1H3,(H,26,27)(H,28,29). The number of ether oxygens (including phenoxy) is 1. The Bertz CT molecular complexity index is 1130. The van der Waals surface area contributed by atoms with E-state index in [4.69, 9.17) is 33.0 Å². The molecule has 5 nitrogen and oxygen atoms in total. The smallest absolute Gasteiger partial charge is 0.338 e. The Hall–Kier alpha value is -3.09. The summed E-state index contributed by atoms with van der Waals surface area (Å²) in [4.78, 5) is 23.7. The number of rotatable bonds is 6. The fraction of sp³-hybridized carbons (Fsp3) is 0.0909. The minimum atomic E-state index is -1.35. The van der Waals surface area contributed by atoms with Crippen LogP contribution in [-0.2, 0) is 6.54 Å². The zero-order chi connectivity index (χ0) is 21.8. The molecule has 3 aromatic carbocycles. The van der Waals surface area contributed by atoms with E-state index in [1.54, 1.807) is 24.3 Å². The number of carbonyl (C=O) groups is 2. The average molecular weight is 448 g/mol. The lowest BCUT2D eigenvalue weighted by molar-refractivity contribution is 0.0691. The predicted octanol–water partition coefficient (Wildman–Crippen LogP) is 5.44. The third kappa shape index (κ3) is 4.72. The van der Waals surface area contributed by atoms with Crippen LogP contribution in [0, 0.1) is 5.82 Å². The van der Waals surface area contributed by atoms with Crippen molar-refractivity contribution in [1.29, 1.82) is 0 Å². The van der Waals surface area contributed by atoms with Gasteiger partial charge in [0.05, 0.1) is 23.3 Å². The summed E-state index contributed by atoms with van der Waals surface area (Å²) < 4.78 is 19.0. The van der Waals surface area contributed by atoms with E-state index in [1.165, 1.54) is 31.4 Å². The lowest BCUT2D eigenvalue weighted by atomic mass is 10.00. The van der Waals surface area contributed by atoms with E-state index in [0.717, 1.165) is 6.07 Å². The maximum atomic E-state index is 13.7. The molecule has 0 spiro atoms. The van der Waals surface area contributed by atoms with Gasteiger partial charge in [0.25, 0.3) is 5.91 Å². The van der Waals surface area contributed by atoms with Crippen LogP contribution in [0.15, 0.2) is 54.6 Å². The van der Waals surface area contributed by atoms with Crippen LogP contribution in [0.2, 0.25) is 10.0 Å². The summed E-state index contributed by atoms with van der Waals surface area (Å²) in [6.45, 7) is 0.127. The minimum absolute atomic E-state index is 0.127. The van der Waals surface area contributed by atoms with Crippen molar-refractivity contribution in [1.82, 2.24) is 5.32 Å². The number of hydrogen-bond donors (Lipinski definition) is 2. The van der Waals surface area contributed by atoms with Crippen LogP contribution in [-0.4, -0.2) is 24.1 Å². The monoisotopic (exact) mass is 447 g/mol. The lowest BCUT2D eigenvalue weighted by Gasteiger charge is -2.13. The molecule has 3 aromatic rings. The number of aromatic carboxylic acids is 1. The van der Waals surface area contributed by atoms with E-state index in [2.05, 4.69) is 5.32 Å². The van der Waals surface area contributed by atoms with Crippen molar-refractivity contribution >= 4 is 35.1 Å². The Morgan fingerprint density at radius 1 is 1.00 bits per heavy atom. The normalized spacial score (nSPS) is 10.5. The van der Waals surface area contributed by atoms with E-state index in [0.29, 0.717) is 27.5 Å². The summed E-state index contributed by atoms with van der Waals surface area (Å²) in [6, 6.07) is 13.6. The number of nitrogens with one attached hydrogen (secondary N) is 1. The summed E-state index contributed by atoms with van der Waals surface area (Å²) in [7, 11) is 1.50. The fourth-order valence-electron chi connectivity index (χ4n) is 2.91. The van der Waals surface area contributed by atoms with Gasteiger partial charge in [0.1, 0.15) is 11.6 Å². The van der Waals surface area contributed by atoms with Crippen LogP contribution in [0.4, 0.5) is 4.39 Å². The molecule has 0 saturated carbocycles. The first kappa shape index (κ1) is 21.6. The van der Waals surface area contributed by atoms with Gasteiger partial charge in [-0.15, -0.1) is 0 Å². The zero-order valence-corrected chi connectivity index (χ0v) is 17.2. The van der Waals surface area contributed by atoms with Crippen molar-refractivity contribution in [3.63, 3.8) is 0 Å². The topological polar surface area (TPSA) is 75.6 Å². The van der Waals surface area contributed by atoms with Gasteiger partial charge in [-0.1, -0.05) is 35.3 Å². The minimum Gasteiger partial charge on any atom is -0.496 e. The molecule has 0 atom stereocenters. The third-order valence-electron chi connectivity index (χ3n) is 4.43. The molecule has 0 aliphatic rings. The number of carboxylic acid groups (broad SMARTS) is 1. The number of carbonyl (C=O) groups excluding carboxylic acids is 1. The number of amides is 1. The van der Waals surface area contributed by atoms with Crippen LogP contribution in [0.5, 0.6) is 5.75 Å². The highest BCUT2D eigenvalue weighted by Gasteiger charge is 2.15. The predicted molar refractivity (Wildman–Crippen MR) is 113 cm³/mol. The molecule has 1 amide bonds. The Kier molecular flexibility index (Phi) is 6.59. The number of halogens is 3. The molecule has 30 heavy (non-hydrogen) atoms. The van der Waals surface area contributed by atoms with Crippen LogP contribution in [0.1, 0.15) is 26.3 Å². The molecule has 3 rings (SSSR count). The molecule has 0 bridgehead atoms. The first-order valence-electron chi connectivity index (χ1n) is 8.73. The Morgan fingerprint density at radius 3 is 2.37 bits per heavy atom. The zero-order valence-electron chi connectivity index (χ0n) is 15.7. The van der Waals surface area contributed by atoms with Crippen molar-refractivity contribution in [3.05, 3.63) is 87.2 Å². The van der Waals surface area contributed by atoms with Crippen LogP contribution in [0.3, 0.4) is 0 Å². The fourth-order valence-corrected chi connectivity index (χ4v) is 3.40. The molecule has 0 saturated heterocycles. The second kappa shape index (κ2) is 9.15. The average Bonchev–Trinajstić information content (AvgIpc) is 2.72. The Morgan fingerprint density at radius 2 is 1.70 bits per heavy atom. The third-order valence-corrected chi connectivity index (χ3v) is 4.97. The molecule has 0 aliphatic heterocycles. The molecule has 154 valence electrons. The molecule has 0 fully saturated rings. The second-order valence-electron chi connectivity index (χ2n) is 6.33. The number of benzene rings is 3. The first-order chi connectivity index (χ1) is 14.3. The Balaban J connectivity index is 1.87. The van der Waals surface area contributed by atoms with Crippen LogP contribution < -0.4 is 10.1 Å². The summed E-state index contributed by atoms with van der Waals surface area (Å²) in [6.07, 6.45) is 0. The van der Waals surface area contributed by atoms with Gasteiger partial charge in [0.15, 0.2) is 0 Å². The van der Waals surface area contributed by atoms with Gasteiger partial charge < -0.3 is 15.2 Å². The largest absolute Gasteiger partial charge is 0.496 e. The number of carboxylic acids is 1. The van der Waals surface area contributed by atoms with Gasteiger partial charge in [0, 0.05) is 17.1 Å². The molecule has 8 heteroatoms. The summed E-state index contributed by atoms with van der Waals surface area (Å²) in [5.74, 6) is -2.02. The first-order valence-corrected chi connectivity index (χ1v) is 9.49. The van der Waals surface area contributed by atoms with Crippen molar-refractivity contribution in [2.24, 2.45) is 0 Å². The van der Waals surface area contributed by atoms with Crippen LogP contribution >= 0.6 is 23.2 Å². The quantitative estimate of drug-likeness (QED) is 0.527. The van der Waals surface area contributed by atoms with Crippen molar-refractivity contribution in [2.45, 2.75) is 6.54 Å². The SMILES string of the molecule is COc1ccc(-c2ccc(F)c(C(=O)O)c2)cc1CNC(=O)c1ccc(Cl)cc1Cl. The molecular formula is C22H16Cl2FNO4. The van der Waals surface area contributed by atoms with Gasteiger partial charge in [0.2, 0.25) is 0 Å². The molecule has 0 aromatic heterocycles. The maximum Gasteiger partial charge on any atom is 0.338 e.